The fourth-order valence-electron chi connectivity index (χ4n) is 5.27. The monoisotopic (exact) mass is 572 g/mol. The first kappa shape index (κ1) is 26.1. The number of imide groups is 1. The molecule has 0 radical (unpaired) electrons. The van der Waals surface area contributed by atoms with E-state index in [2.05, 4.69) is 0 Å². The van der Waals surface area contributed by atoms with Gasteiger partial charge in [0, 0.05) is 22.9 Å². The molecule has 0 saturated carbocycles. The van der Waals surface area contributed by atoms with Crippen molar-refractivity contribution >= 4 is 17.9 Å². The number of rotatable bonds is 5. The van der Waals surface area contributed by atoms with Gasteiger partial charge in [0.1, 0.15) is 30.6 Å². The zero-order valence-corrected chi connectivity index (χ0v) is 23.1. The van der Waals surface area contributed by atoms with E-state index in [0.717, 1.165) is 16.2 Å². The number of aromatic nitrogens is 2. The number of ether oxygens (including phenoxy) is 4. The zero-order chi connectivity index (χ0) is 29.5. The molecule has 0 spiro atoms. The van der Waals surface area contributed by atoms with Gasteiger partial charge < -0.3 is 18.9 Å². The highest BCUT2D eigenvalue weighted by Crippen LogP contribution is 2.38. The number of fused-ring (bicyclic) bond motifs is 2. The van der Waals surface area contributed by atoms with E-state index >= 15 is 0 Å². The maximum Gasteiger partial charge on any atom is 0.271 e. The van der Waals surface area contributed by atoms with Gasteiger partial charge in [-0.2, -0.15) is 10.4 Å². The van der Waals surface area contributed by atoms with Gasteiger partial charge in [-0.05, 0) is 66.6 Å². The maximum atomic E-state index is 13.9. The van der Waals surface area contributed by atoms with Crippen molar-refractivity contribution in [3.8, 4) is 46.0 Å². The highest BCUT2D eigenvalue weighted by molar-refractivity contribution is 6.19. The molecule has 0 unspecified atom stereocenters. The van der Waals surface area contributed by atoms with Crippen LogP contribution in [0.2, 0.25) is 0 Å². The van der Waals surface area contributed by atoms with Crippen molar-refractivity contribution in [1.82, 2.24) is 14.7 Å². The number of carbonyl (C=O) groups excluding carboxylic acids is 2. The van der Waals surface area contributed by atoms with Gasteiger partial charge in [0.05, 0.1) is 12.2 Å². The fourth-order valence-corrected chi connectivity index (χ4v) is 5.27. The van der Waals surface area contributed by atoms with Crippen LogP contribution in [-0.4, -0.2) is 46.5 Å². The number of benzene rings is 3. The normalized spacial score (nSPS) is 16.6. The maximum absolute atomic E-state index is 13.9. The molecule has 1 aromatic heterocycles. The predicted molar refractivity (Wildman–Crippen MR) is 154 cm³/mol. The molecule has 3 aromatic carbocycles. The van der Waals surface area contributed by atoms with E-state index in [9.17, 15) is 14.9 Å². The number of carbonyl (C=O) groups is 2. The van der Waals surface area contributed by atoms with Gasteiger partial charge in [-0.15, -0.1) is 0 Å². The Morgan fingerprint density at radius 1 is 0.884 bits per heavy atom. The summed E-state index contributed by atoms with van der Waals surface area (Å²) in [5.74, 6) is 1.22. The zero-order valence-electron chi connectivity index (χ0n) is 23.1. The van der Waals surface area contributed by atoms with E-state index < -0.39 is 11.8 Å². The van der Waals surface area contributed by atoms with Crippen molar-refractivity contribution in [2.75, 3.05) is 20.0 Å². The standard InChI is InChI=1S/C33H24N4O6/c1-20-25(32(38)36(33(39)26(20)16-34)17-21-7-9-28-29(13-21)43-19-42-28)14-23-18-37(24-5-3-2-4-6-24)35-31(23)22-8-10-27-30(15-22)41-12-11-40-27/h2-10,13-15,18H,11-12,17,19H2,1H3/b25-14+. The van der Waals surface area contributed by atoms with Crippen LogP contribution in [0.3, 0.4) is 0 Å². The lowest BCUT2D eigenvalue weighted by atomic mass is 9.93. The van der Waals surface area contributed by atoms with Gasteiger partial charge in [0.25, 0.3) is 11.8 Å². The molecule has 0 fully saturated rings. The molecule has 4 heterocycles. The first-order valence-corrected chi connectivity index (χ1v) is 13.6. The Morgan fingerprint density at radius 3 is 2.42 bits per heavy atom. The van der Waals surface area contributed by atoms with Crippen molar-refractivity contribution in [2.45, 2.75) is 13.5 Å². The first-order chi connectivity index (χ1) is 21.0. The topological polar surface area (TPSA) is 116 Å². The summed E-state index contributed by atoms with van der Waals surface area (Å²) in [5, 5.41) is 14.8. The highest BCUT2D eigenvalue weighted by Gasteiger charge is 2.36. The Labute approximate surface area is 246 Å². The molecule has 0 aliphatic carbocycles. The average molecular weight is 573 g/mol. The second kappa shape index (κ2) is 10.5. The van der Waals surface area contributed by atoms with Crippen LogP contribution in [0.5, 0.6) is 23.0 Å². The largest absolute Gasteiger partial charge is 0.486 e. The lowest BCUT2D eigenvalue weighted by Gasteiger charge is -2.27. The Hall–Kier alpha value is -5.82. The Morgan fingerprint density at radius 2 is 1.60 bits per heavy atom. The number of amides is 2. The van der Waals surface area contributed by atoms with E-state index in [1.54, 1.807) is 35.9 Å². The number of hydrogen-bond acceptors (Lipinski definition) is 8. The average Bonchev–Trinajstić information content (AvgIpc) is 3.69. The minimum absolute atomic E-state index is 0.0393. The molecule has 10 heteroatoms. The van der Waals surface area contributed by atoms with Gasteiger partial charge in [-0.3, -0.25) is 14.5 Å². The molecule has 0 N–H and O–H groups in total. The number of hydrogen-bond donors (Lipinski definition) is 0. The minimum atomic E-state index is -0.646. The summed E-state index contributed by atoms with van der Waals surface area (Å²) in [6.45, 7) is 2.60. The summed E-state index contributed by atoms with van der Waals surface area (Å²) in [6.07, 6.45) is 3.51. The summed E-state index contributed by atoms with van der Waals surface area (Å²) in [7, 11) is 0. The summed E-state index contributed by atoms with van der Waals surface area (Å²) < 4.78 is 24.1. The van der Waals surface area contributed by atoms with Crippen LogP contribution >= 0.6 is 0 Å². The third kappa shape index (κ3) is 4.67. The molecule has 43 heavy (non-hydrogen) atoms. The molecule has 3 aliphatic heterocycles. The Balaban J connectivity index is 1.33. The van der Waals surface area contributed by atoms with Crippen molar-refractivity contribution in [3.63, 3.8) is 0 Å². The quantitative estimate of drug-likeness (QED) is 0.247. The van der Waals surface area contributed by atoms with Gasteiger partial charge in [0.2, 0.25) is 6.79 Å². The third-order valence-corrected chi connectivity index (χ3v) is 7.48. The molecule has 10 nitrogen and oxygen atoms in total. The first-order valence-electron chi connectivity index (χ1n) is 13.6. The summed E-state index contributed by atoms with van der Waals surface area (Å²) in [6, 6.07) is 22.4. The molecule has 2 amide bonds. The van der Waals surface area contributed by atoms with Crippen LogP contribution < -0.4 is 18.9 Å². The van der Waals surface area contributed by atoms with Gasteiger partial charge in [-0.1, -0.05) is 24.3 Å². The van der Waals surface area contributed by atoms with Crippen molar-refractivity contribution in [2.24, 2.45) is 0 Å². The Kier molecular flexibility index (Phi) is 6.40. The van der Waals surface area contributed by atoms with E-state index in [4.69, 9.17) is 24.0 Å². The Bertz CT molecular complexity index is 1900. The van der Waals surface area contributed by atoms with Gasteiger partial charge >= 0.3 is 0 Å². The number of nitrogens with zero attached hydrogens (tertiary/aromatic N) is 4. The van der Waals surface area contributed by atoms with Crippen LogP contribution in [0.15, 0.2) is 89.6 Å². The molecule has 3 aliphatic rings. The van der Waals surface area contributed by atoms with Crippen LogP contribution in [0, 0.1) is 11.3 Å². The molecule has 0 saturated heterocycles. The molecule has 0 bridgehead atoms. The third-order valence-electron chi connectivity index (χ3n) is 7.48. The molecular weight excluding hydrogens is 548 g/mol. The second-order valence-corrected chi connectivity index (χ2v) is 10.1. The van der Waals surface area contributed by atoms with Crippen molar-refractivity contribution in [1.29, 1.82) is 5.26 Å². The molecule has 7 rings (SSSR count). The van der Waals surface area contributed by atoms with E-state index in [1.165, 1.54) is 0 Å². The van der Waals surface area contributed by atoms with E-state index in [1.807, 2.05) is 60.8 Å². The van der Waals surface area contributed by atoms with Crippen molar-refractivity contribution < 1.29 is 28.5 Å². The summed E-state index contributed by atoms with van der Waals surface area (Å²) in [5.41, 5.74) is 3.89. The highest BCUT2D eigenvalue weighted by atomic mass is 16.7. The van der Waals surface area contributed by atoms with E-state index in [0.29, 0.717) is 58.6 Å². The van der Waals surface area contributed by atoms with E-state index in [-0.39, 0.29) is 24.5 Å². The molecule has 0 atom stereocenters. The van der Waals surface area contributed by atoms with Crippen LogP contribution in [-0.2, 0) is 16.1 Å². The van der Waals surface area contributed by atoms with Crippen LogP contribution in [0.25, 0.3) is 23.0 Å². The molecule has 4 aromatic rings. The lowest BCUT2D eigenvalue weighted by Crippen LogP contribution is -2.42. The molecule has 212 valence electrons. The van der Waals surface area contributed by atoms with Crippen LogP contribution in [0.1, 0.15) is 18.1 Å². The van der Waals surface area contributed by atoms with Gasteiger partial charge in [-0.25, -0.2) is 4.68 Å². The van der Waals surface area contributed by atoms with Crippen LogP contribution in [0.4, 0.5) is 0 Å². The predicted octanol–water partition coefficient (Wildman–Crippen LogP) is 4.83. The number of nitriles is 1. The number of para-hydroxylation sites is 1. The van der Waals surface area contributed by atoms with Crippen molar-refractivity contribution in [3.05, 3.63) is 101 Å². The molecular formula is C33H24N4O6. The second-order valence-electron chi connectivity index (χ2n) is 10.1. The lowest BCUT2D eigenvalue weighted by molar-refractivity contribution is -0.141. The smallest absolute Gasteiger partial charge is 0.271 e. The minimum Gasteiger partial charge on any atom is -0.486 e. The fraction of sp³-hybridized carbons (Fsp3) is 0.152. The summed E-state index contributed by atoms with van der Waals surface area (Å²) in [4.78, 5) is 28.4. The van der Waals surface area contributed by atoms with Gasteiger partial charge in [0.15, 0.2) is 23.0 Å². The SMILES string of the molecule is CC1=C(C#N)C(=O)N(Cc2ccc3c(c2)OCO3)C(=O)/C1=C/c1cn(-c2ccccc2)nc1-c1ccc2c(c1)OCCO2. The summed E-state index contributed by atoms with van der Waals surface area (Å²) >= 11 is 0.